The topological polar surface area (TPSA) is 265 Å². The second-order valence-electron chi connectivity index (χ2n) is 8.20. The Morgan fingerprint density at radius 1 is 0.919 bits per heavy atom. The van der Waals surface area contributed by atoms with E-state index in [1.807, 2.05) is 0 Å². The molecule has 11 N–H and O–H groups in total. The summed E-state index contributed by atoms with van der Waals surface area (Å²) in [4.78, 5) is 79.1. The van der Waals surface area contributed by atoms with Gasteiger partial charge in [0.25, 0.3) is 0 Å². The molecule has 0 bridgehead atoms. The highest BCUT2D eigenvalue weighted by Crippen LogP contribution is 2.06. The van der Waals surface area contributed by atoms with Crippen LogP contribution in [-0.4, -0.2) is 86.8 Å². The highest BCUT2D eigenvalue weighted by Gasteiger charge is 2.31. The van der Waals surface area contributed by atoms with Crippen LogP contribution in [0.3, 0.4) is 0 Å². The number of carboxylic acids is 1. The molecule has 0 spiro atoms. The maximum atomic E-state index is 13.2. The number of hydrogen-bond donors (Lipinski definition) is 8. The largest absolute Gasteiger partial charge is 0.480 e. The highest BCUT2D eigenvalue weighted by atomic mass is 32.2. The minimum atomic E-state index is -1.32. The molecule has 1 heterocycles. The normalized spacial score (nSPS) is 14.0. The van der Waals surface area contributed by atoms with Gasteiger partial charge in [0.15, 0.2) is 0 Å². The Kier molecular flexibility index (Phi) is 13.7. The number of hydrogen-bond acceptors (Lipinski definition) is 9. The van der Waals surface area contributed by atoms with Gasteiger partial charge in [-0.1, -0.05) is 0 Å². The van der Waals surface area contributed by atoms with Crippen molar-refractivity contribution in [1.82, 2.24) is 25.9 Å². The zero-order chi connectivity index (χ0) is 28.0. The van der Waals surface area contributed by atoms with E-state index >= 15 is 0 Å². The number of H-pyrrole nitrogens is 1. The van der Waals surface area contributed by atoms with Gasteiger partial charge < -0.3 is 43.2 Å². The van der Waals surface area contributed by atoms with Crippen LogP contribution < -0.4 is 33.2 Å². The van der Waals surface area contributed by atoms with Gasteiger partial charge in [0.05, 0.1) is 12.4 Å². The van der Waals surface area contributed by atoms with E-state index in [1.54, 1.807) is 6.26 Å². The van der Waals surface area contributed by atoms with Crippen LogP contribution in [0.1, 0.15) is 37.8 Å². The summed E-state index contributed by atoms with van der Waals surface area (Å²) in [5.41, 5.74) is 16.5. The van der Waals surface area contributed by atoms with Gasteiger partial charge in [-0.25, -0.2) is 9.78 Å². The number of carboxylic acid groups (broad SMARTS) is 1. The van der Waals surface area contributed by atoms with E-state index in [0.29, 0.717) is 11.4 Å². The molecule has 1 aromatic heterocycles. The average molecular weight is 543 g/mol. The van der Waals surface area contributed by atoms with Gasteiger partial charge in [-0.05, 0) is 31.3 Å². The lowest BCUT2D eigenvalue weighted by Gasteiger charge is -2.25. The molecule has 0 aromatic carbocycles. The van der Waals surface area contributed by atoms with Crippen LogP contribution >= 0.6 is 11.8 Å². The van der Waals surface area contributed by atoms with Crippen LogP contribution in [0.2, 0.25) is 0 Å². The molecular formula is C21H34N8O7S. The van der Waals surface area contributed by atoms with E-state index in [2.05, 4.69) is 25.9 Å². The van der Waals surface area contributed by atoms with Gasteiger partial charge in [-0.15, -0.1) is 0 Å². The standard InChI is InChI=1S/C21H34N8O7S/c1-37-7-6-14(21(35)36)28-19(33)13(3-5-17(24)31)27-20(34)15(8-11-9-25-10-26-11)29-18(32)12(22)2-4-16(23)30/h9-10,12-15H,2-8,22H2,1H3,(H2,23,30)(H2,24,31)(H,25,26)(H,27,34)(H,28,33)(H,29,32)(H,35,36). The molecule has 15 nitrogen and oxygen atoms in total. The van der Waals surface area contributed by atoms with Crippen molar-refractivity contribution < 1.29 is 33.9 Å². The van der Waals surface area contributed by atoms with Gasteiger partial charge in [-0.2, -0.15) is 11.8 Å². The van der Waals surface area contributed by atoms with Crippen LogP contribution in [0.4, 0.5) is 0 Å². The summed E-state index contributed by atoms with van der Waals surface area (Å²) >= 11 is 1.40. The zero-order valence-electron chi connectivity index (χ0n) is 20.4. The fourth-order valence-electron chi connectivity index (χ4n) is 3.13. The number of aliphatic carboxylic acids is 1. The van der Waals surface area contributed by atoms with Crippen molar-refractivity contribution >= 4 is 47.3 Å². The number of aromatic nitrogens is 2. The third-order valence-corrected chi connectivity index (χ3v) is 5.83. The summed E-state index contributed by atoms with van der Waals surface area (Å²) in [7, 11) is 0. The van der Waals surface area contributed by atoms with Crippen molar-refractivity contribution in [2.75, 3.05) is 12.0 Å². The minimum absolute atomic E-state index is 0.0458. The summed E-state index contributed by atoms with van der Waals surface area (Å²) in [6.45, 7) is 0. The maximum absolute atomic E-state index is 13.2. The quantitative estimate of drug-likeness (QED) is 0.0937. The van der Waals surface area contributed by atoms with Crippen LogP contribution in [0.15, 0.2) is 12.5 Å². The Morgan fingerprint density at radius 3 is 2.03 bits per heavy atom. The number of nitrogens with zero attached hydrogens (tertiary/aromatic N) is 1. The van der Waals surface area contributed by atoms with Crippen molar-refractivity contribution in [3.05, 3.63) is 18.2 Å². The first-order valence-corrected chi connectivity index (χ1v) is 12.8. The summed E-state index contributed by atoms with van der Waals surface area (Å²) in [6, 6.07) is -4.90. The number of rotatable bonds is 18. The number of nitrogens with two attached hydrogens (primary N) is 3. The van der Waals surface area contributed by atoms with E-state index in [1.165, 1.54) is 24.3 Å². The molecule has 1 aromatic rings. The second-order valence-corrected chi connectivity index (χ2v) is 9.19. The molecule has 0 aliphatic heterocycles. The summed E-state index contributed by atoms with van der Waals surface area (Å²) in [5.74, 6) is -4.52. The van der Waals surface area contributed by atoms with Crippen molar-refractivity contribution in [3.8, 4) is 0 Å². The lowest BCUT2D eigenvalue weighted by atomic mass is 10.1. The number of thioether (sulfide) groups is 1. The Balaban J connectivity index is 3.05. The first-order valence-electron chi connectivity index (χ1n) is 11.4. The van der Waals surface area contributed by atoms with E-state index in [9.17, 15) is 33.9 Å². The lowest BCUT2D eigenvalue weighted by molar-refractivity contribution is -0.142. The van der Waals surface area contributed by atoms with E-state index < -0.39 is 59.7 Å². The number of primary amides is 2. The van der Waals surface area contributed by atoms with Gasteiger partial charge in [-0.3, -0.25) is 24.0 Å². The van der Waals surface area contributed by atoms with Gasteiger partial charge in [0, 0.05) is 31.2 Å². The SMILES string of the molecule is CSCCC(NC(=O)C(CCC(N)=O)NC(=O)C(Cc1cnc[nH]1)NC(=O)C(N)CCC(N)=O)C(=O)O. The van der Waals surface area contributed by atoms with Crippen molar-refractivity contribution in [2.45, 2.75) is 62.7 Å². The minimum Gasteiger partial charge on any atom is -0.480 e. The maximum Gasteiger partial charge on any atom is 0.326 e. The molecule has 5 amide bonds. The smallest absolute Gasteiger partial charge is 0.326 e. The van der Waals surface area contributed by atoms with Crippen LogP contribution in [0, 0.1) is 0 Å². The summed E-state index contributed by atoms with van der Waals surface area (Å²) in [5, 5.41) is 16.7. The highest BCUT2D eigenvalue weighted by molar-refractivity contribution is 7.98. The number of aromatic amines is 1. The third kappa shape index (κ3) is 12.2. The Labute approximate surface area is 217 Å². The molecule has 0 radical (unpaired) electrons. The number of carbonyl (C=O) groups is 6. The number of imidazole rings is 1. The molecule has 0 fully saturated rings. The first-order chi connectivity index (χ1) is 17.4. The van der Waals surface area contributed by atoms with Crippen molar-refractivity contribution in [3.63, 3.8) is 0 Å². The van der Waals surface area contributed by atoms with Crippen molar-refractivity contribution in [2.24, 2.45) is 17.2 Å². The van der Waals surface area contributed by atoms with Gasteiger partial charge in [0.2, 0.25) is 29.5 Å². The van der Waals surface area contributed by atoms with Crippen molar-refractivity contribution in [1.29, 1.82) is 0 Å². The molecule has 0 aliphatic carbocycles. The number of amides is 5. The molecule has 4 atom stereocenters. The molecule has 0 saturated heterocycles. The number of nitrogens with one attached hydrogen (secondary N) is 4. The molecule has 0 saturated carbocycles. The molecule has 0 aliphatic rings. The molecular weight excluding hydrogens is 508 g/mol. The molecule has 16 heteroatoms. The average Bonchev–Trinajstić information content (AvgIpc) is 3.34. The fourth-order valence-corrected chi connectivity index (χ4v) is 3.60. The first kappa shape index (κ1) is 31.4. The summed E-state index contributed by atoms with van der Waals surface area (Å²) in [6.07, 6.45) is 4.01. The van der Waals surface area contributed by atoms with Gasteiger partial charge >= 0.3 is 5.97 Å². The molecule has 4 unspecified atom stereocenters. The molecule has 206 valence electrons. The van der Waals surface area contributed by atoms with Gasteiger partial charge in [0.1, 0.15) is 18.1 Å². The Hall–Kier alpha value is -3.66. The number of carbonyl (C=O) groups excluding carboxylic acids is 5. The van der Waals surface area contributed by atoms with E-state index in [4.69, 9.17) is 17.2 Å². The molecule has 1 rings (SSSR count). The second kappa shape index (κ2) is 16.2. The third-order valence-electron chi connectivity index (χ3n) is 5.19. The van der Waals surface area contributed by atoms with Crippen LogP contribution in [0.5, 0.6) is 0 Å². The van der Waals surface area contributed by atoms with Crippen LogP contribution in [0.25, 0.3) is 0 Å². The van der Waals surface area contributed by atoms with E-state index in [-0.39, 0.29) is 38.5 Å². The Morgan fingerprint density at radius 2 is 1.49 bits per heavy atom. The predicted octanol–water partition coefficient (Wildman–Crippen LogP) is -2.90. The predicted molar refractivity (Wildman–Crippen MR) is 134 cm³/mol. The zero-order valence-corrected chi connectivity index (χ0v) is 21.2. The Bertz CT molecular complexity index is 943. The van der Waals surface area contributed by atoms with E-state index in [0.717, 1.165) is 0 Å². The summed E-state index contributed by atoms with van der Waals surface area (Å²) < 4.78 is 0. The molecule has 37 heavy (non-hydrogen) atoms. The monoisotopic (exact) mass is 542 g/mol. The fraction of sp³-hybridized carbons (Fsp3) is 0.571. The lowest BCUT2D eigenvalue weighted by Crippen LogP contribution is -2.57. The van der Waals surface area contributed by atoms with Crippen LogP contribution in [-0.2, 0) is 35.2 Å².